The first kappa shape index (κ1) is 12.5. The quantitative estimate of drug-likeness (QED) is 0.900. The van der Waals surface area contributed by atoms with Crippen molar-refractivity contribution in [2.24, 2.45) is 5.73 Å². The SMILES string of the molecule is COc1ccc(C2(CN)CCC2)c(OC)c1Cl. The fourth-order valence-corrected chi connectivity index (χ4v) is 2.82. The van der Waals surface area contributed by atoms with Crippen molar-refractivity contribution in [2.75, 3.05) is 20.8 Å². The van der Waals surface area contributed by atoms with Crippen LogP contribution in [-0.4, -0.2) is 20.8 Å². The molecule has 2 rings (SSSR count). The van der Waals surface area contributed by atoms with Crippen LogP contribution in [0.15, 0.2) is 12.1 Å². The maximum atomic E-state index is 6.27. The van der Waals surface area contributed by atoms with Crippen LogP contribution in [0.3, 0.4) is 0 Å². The van der Waals surface area contributed by atoms with Crippen molar-refractivity contribution in [3.8, 4) is 11.5 Å². The van der Waals surface area contributed by atoms with Crippen LogP contribution in [0.2, 0.25) is 5.02 Å². The van der Waals surface area contributed by atoms with E-state index in [1.165, 1.54) is 6.42 Å². The monoisotopic (exact) mass is 255 g/mol. The lowest BCUT2D eigenvalue weighted by molar-refractivity contribution is 0.243. The molecular weight excluding hydrogens is 238 g/mol. The molecule has 4 heteroatoms. The zero-order valence-electron chi connectivity index (χ0n) is 10.3. The number of hydrogen-bond acceptors (Lipinski definition) is 3. The zero-order chi connectivity index (χ0) is 12.5. The van der Waals surface area contributed by atoms with E-state index in [-0.39, 0.29) is 5.41 Å². The van der Waals surface area contributed by atoms with E-state index < -0.39 is 0 Å². The lowest BCUT2D eigenvalue weighted by atomic mass is 9.64. The molecule has 3 nitrogen and oxygen atoms in total. The van der Waals surface area contributed by atoms with Gasteiger partial charge in [0, 0.05) is 17.5 Å². The van der Waals surface area contributed by atoms with Crippen LogP contribution in [0.25, 0.3) is 0 Å². The molecule has 0 spiro atoms. The van der Waals surface area contributed by atoms with Crippen molar-refractivity contribution in [1.82, 2.24) is 0 Å². The van der Waals surface area contributed by atoms with E-state index in [4.69, 9.17) is 26.8 Å². The summed E-state index contributed by atoms with van der Waals surface area (Å²) in [6, 6.07) is 3.91. The third kappa shape index (κ3) is 1.87. The molecule has 0 amide bonds. The van der Waals surface area contributed by atoms with E-state index in [1.807, 2.05) is 12.1 Å². The number of halogens is 1. The minimum atomic E-state index is 0.0429. The summed E-state index contributed by atoms with van der Waals surface area (Å²) in [6.07, 6.45) is 3.41. The number of methoxy groups -OCH3 is 2. The van der Waals surface area contributed by atoms with Crippen LogP contribution < -0.4 is 15.2 Å². The number of hydrogen-bond donors (Lipinski definition) is 1. The Morgan fingerprint density at radius 3 is 2.41 bits per heavy atom. The fourth-order valence-electron chi connectivity index (χ4n) is 2.50. The van der Waals surface area contributed by atoms with Gasteiger partial charge in [-0.25, -0.2) is 0 Å². The van der Waals surface area contributed by atoms with Gasteiger partial charge in [-0.05, 0) is 18.9 Å². The fraction of sp³-hybridized carbons (Fsp3) is 0.538. The van der Waals surface area contributed by atoms with Crippen molar-refractivity contribution >= 4 is 11.6 Å². The number of nitrogens with two attached hydrogens (primary N) is 1. The normalized spacial score (nSPS) is 17.4. The summed E-state index contributed by atoms with van der Waals surface area (Å²) in [5, 5.41) is 0.534. The van der Waals surface area contributed by atoms with Crippen molar-refractivity contribution in [3.63, 3.8) is 0 Å². The summed E-state index contributed by atoms with van der Waals surface area (Å²) in [5.41, 5.74) is 7.07. The highest BCUT2D eigenvalue weighted by molar-refractivity contribution is 6.33. The van der Waals surface area contributed by atoms with Crippen LogP contribution in [-0.2, 0) is 5.41 Å². The van der Waals surface area contributed by atoms with E-state index in [1.54, 1.807) is 14.2 Å². The standard InChI is InChI=1S/C13H18ClNO2/c1-16-10-5-4-9(12(17-2)11(10)14)13(8-15)6-3-7-13/h4-5H,3,6-8,15H2,1-2H3. The Labute approximate surface area is 107 Å². The minimum absolute atomic E-state index is 0.0429. The van der Waals surface area contributed by atoms with E-state index in [9.17, 15) is 0 Å². The number of benzene rings is 1. The third-order valence-electron chi connectivity index (χ3n) is 3.76. The second kappa shape index (κ2) is 4.75. The van der Waals surface area contributed by atoms with E-state index in [0.29, 0.717) is 23.1 Å². The molecule has 0 saturated heterocycles. The maximum absolute atomic E-state index is 6.27. The average molecular weight is 256 g/mol. The van der Waals surface area contributed by atoms with Gasteiger partial charge in [0.15, 0.2) is 0 Å². The first-order chi connectivity index (χ1) is 8.18. The predicted octanol–water partition coefficient (Wildman–Crippen LogP) is 2.74. The lowest BCUT2D eigenvalue weighted by Gasteiger charge is -2.42. The third-order valence-corrected chi connectivity index (χ3v) is 4.12. The van der Waals surface area contributed by atoms with Crippen molar-refractivity contribution in [1.29, 1.82) is 0 Å². The van der Waals surface area contributed by atoms with Crippen LogP contribution in [0.4, 0.5) is 0 Å². The maximum Gasteiger partial charge on any atom is 0.145 e. The Hall–Kier alpha value is -0.930. The predicted molar refractivity (Wildman–Crippen MR) is 69.1 cm³/mol. The molecule has 1 aromatic carbocycles. The largest absolute Gasteiger partial charge is 0.495 e. The van der Waals surface area contributed by atoms with Crippen molar-refractivity contribution in [2.45, 2.75) is 24.7 Å². The molecule has 2 N–H and O–H groups in total. The molecule has 0 unspecified atom stereocenters. The summed E-state index contributed by atoms with van der Waals surface area (Å²) in [4.78, 5) is 0. The Balaban J connectivity index is 2.51. The molecule has 17 heavy (non-hydrogen) atoms. The van der Waals surface area contributed by atoms with Gasteiger partial charge in [0.2, 0.25) is 0 Å². The van der Waals surface area contributed by atoms with Crippen LogP contribution in [0.5, 0.6) is 11.5 Å². The highest BCUT2D eigenvalue weighted by atomic mass is 35.5. The van der Waals surface area contributed by atoms with Gasteiger partial charge in [-0.15, -0.1) is 0 Å². The molecule has 1 aromatic rings. The highest BCUT2D eigenvalue weighted by Crippen LogP contribution is 2.50. The molecule has 0 atom stereocenters. The average Bonchev–Trinajstić information content (AvgIpc) is 2.29. The molecule has 1 aliphatic carbocycles. The number of ether oxygens (including phenoxy) is 2. The first-order valence-electron chi connectivity index (χ1n) is 5.79. The molecule has 0 heterocycles. The van der Waals surface area contributed by atoms with Crippen molar-refractivity contribution < 1.29 is 9.47 Å². The van der Waals surface area contributed by atoms with Gasteiger partial charge in [0.05, 0.1) is 14.2 Å². The molecular formula is C13H18ClNO2. The van der Waals surface area contributed by atoms with Gasteiger partial charge in [-0.3, -0.25) is 0 Å². The molecule has 94 valence electrons. The van der Waals surface area contributed by atoms with E-state index >= 15 is 0 Å². The smallest absolute Gasteiger partial charge is 0.145 e. The summed E-state index contributed by atoms with van der Waals surface area (Å²) < 4.78 is 10.6. The summed E-state index contributed by atoms with van der Waals surface area (Å²) in [7, 11) is 3.23. The minimum Gasteiger partial charge on any atom is -0.495 e. The Morgan fingerprint density at radius 1 is 1.29 bits per heavy atom. The highest BCUT2D eigenvalue weighted by Gasteiger charge is 2.40. The summed E-state index contributed by atoms with van der Waals surface area (Å²) in [5.74, 6) is 1.34. The van der Waals surface area contributed by atoms with E-state index in [2.05, 4.69) is 0 Å². The summed E-state index contributed by atoms with van der Waals surface area (Å²) >= 11 is 6.27. The molecule has 0 radical (unpaired) electrons. The lowest BCUT2D eigenvalue weighted by Crippen LogP contribution is -2.41. The van der Waals surface area contributed by atoms with Gasteiger partial charge in [-0.2, -0.15) is 0 Å². The Morgan fingerprint density at radius 2 is 2.00 bits per heavy atom. The Kier molecular flexibility index (Phi) is 3.50. The van der Waals surface area contributed by atoms with E-state index in [0.717, 1.165) is 18.4 Å². The topological polar surface area (TPSA) is 44.5 Å². The second-order valence-corrected chi connectivity index (χ2v) is 4.88. The van der Waals surface area contributed by atoms with Crippen molar-refractivity contribution in [3.05, 3.63) is 22.7 Å². The molecule has 1 fully saturated rings. The summed E-state index contributed by atoms with van der Waals surface area (Å²) in [6.45, 7) is 0.631. The molecule has 0 bridgehead atoms. The molecule has 1 saturated carbocycles. The van der Waals surface area contributed by atoms with Gasteiger partial charge in [0.25, 0.3) is 0 Å². The molecule has 1 aliphatic rings. The first-order valence-corrected chi connectivity index (χ1v) is 6.17. The zero-order valence-corrected chi connectivity index (χ0v) is 11.0. The van der Waals surface area contributed by atoms with Crippen LogP contribution >= 0.6 is 11.6 Å². The van der Waals surface area contributed by atoms with Crippen LogP contribution in [0.1, 0.15) is 24.8 Å². The molecule has 0 aromatic heterocycles. The van der Waals surface area contributed by atoms with Crippen LogP contribution in [0, 0.1) is 0 Å². The Bertz CT molecular complexity index is 411. The molecule has 0 aliphatic heterocycles. The number of rotatable bonds is 4. The van der Waals surface area contributed by atoms with Gasteiger partial charge in [0.1, 0.15) is 16.5 Å². The van der Waals surface area contributed by atoms with Gasteiger partial charge >= 0.3 is 0 Å². The second-order valence-electron chi connectivity index (χ2n) is 4.50. The van der Waals surface area contributed by atoms with Gasteiger partial charge in [-0.1, -0.05) is 24.1 Å². The van der Waals surface area contributed by atoms with Gasteiger partial charge < -0.3 is 15.2 Å².